The third-order valence-corrected chi connectivity index (χ3v) is 3.60. The molecule has 0 unspecified atom stereocenters. The largest absolute Gasteiger partial charge is 0.381 e. The number of benzene rings is 1. The molecular weight excluding hydrogens is 258 g/mol. The molecule has 0 spiro atoms. The average Bonchev–Trinajstić information content (AvgIpc) is 2.45. The van der Waals surface area contributed by atoms with Crippen LogP contribution in [0.15, 0.2) is 42.1 Å². The molecule has 0 fully saturated rings. The third kappa shape index (κ3) is 2.88. The van der Waals surface area contributed by atoms with E-state index in [0.717, 1.165) is 47.7 Å². The molecule has 19 heavy (non-hydrogen) atoms. The molecule has 98 valence electrons. The molecule has 0 bridgehead atoms. The fourth-order valence-electron chi connectivity index (χ4n) is 2.31. The van der Waals surface area contributed by atoms with E-state index in [1.54, 1.807) is 0 Å². The number of anilines is 1. The van der Waals surface area contributed by atoms with E-state index in [0.29, 0.717) is 0 Å². The Hall–Kier alpha value is -1.58. The van der Waals surface area contributed by atoms with E-state index in [2.05, 4.69) is 21.7 Å². The molecule has 1 aliphatic heterocycles. The first-order chi connectivity index (χ1) is 9.33. The molecule has 0 saturated heterocycles. The Morgan fingerprint density at radius 1 is 1.32 bits per heavy atom. The van der Waals surface area contributed by atoms with Crippen LogP contribution in [0, 0.1) is 0 Å². The molecule has 2 N–H and O–H groups in total. The van der Waals surface area contributed by atoms with Crippen molar-refractivity contribution < 1.29 is 0 Å². The van der Waals surface area contributed by atoms with Crippen LogP contribution in [0.3, 0.4) is 0 Å². The second kappa shape index (κ2) is 5.59. The standard InChI is InChI=1S/C15H16ClN3/c16-12-1-2-13-14(5-8-18-15(13)9-12)19-10-11-3-6-17-7-4-11/h1-3,5,8-9,17H,4,6-7,10H2,(H,18,19). The maximum Gasteiger partial charge on any atom is 0.0737 e. The predicted molar refractivity (Wildman–Crippen MR) is 80.8 cm³/mol. The van der Waals surface area contributed by atoms with Gasteiger partial charge in [0.05, 0.1) is 5.52 Å². The Balaban J connectivity index is 1.82. The minimum Gasteiger partial charge on any atom is -0.381 e. The fourth-order valence-corrected chi connectivity index (χ4v) is 2.48. The van der Waals surface area contributed by atoms with Gasteiger partial charge in [-0.3, -0.25) is 4.98 Å². The lowest BCUT2D eigenvalue weighted by Crippen LogP contribution is -2.23. The van der Waals surface area contributed by atoms with E-state index in [4.69, 9.17) is 11.6 Å². The van der Waals surface area contributed by atoms with E-state index < -0.39 is 0 Å². The van der Waals surface area contributed by atoms with Crippen LogP contribution in [0.4, 0.5) is 5.69 Å². The van der Waals surface area contributed by atoms with Crippen molar-refractivity contribution in [1.82, 2.24) is 10.3 Å². The number of hydrogen-bond donors (Lipinski definition) is 2. The molecule has 2 aromatic rings. The summed E-state index contributed by atoms with van der Waals surface area (Å²) < 4.78 is 0. The number of pyridine rings is 1. The molecule has 0 aliphatic carbocycles. The van der Waals surface area contributed by atoms with Gasteiger partial charge in [-0.25, -0.2) is 0 Å². The Kier molecular flexibility index (Phi) is 3.67. The smallest absolute Gasteiger partial charge is 0.0737 e. The van der Waals surface area contributed by atoms with Crippen LogP contribution in [0.25, 0.3) is 10.9 Å². The molecule has 3 nitrogen and oxygen atoms in total. The molecule has 2 heterocycles. The van der Waals surface area contributed by atoms with Crippen molar-refractivity contribution >= 4 is 28.2 Å². The number of halogens is 1. The van der Waals surface area contributed by atoms with Crippen molar-refractivity contribution in [3.63, 3.8) is 0 Å². The maximum absolute atomic E-state index is 5.99. The molecule has 3 rings (SSSR count). The summed E-state index contributed by atoms with van der Waals surface area (Å²) >= 11 is 5.99. The number of hydrogen-bond acceptors (Lipinski definition) is 3. The average molecular weight is 274 g/mol. The van der Waals surface area contributed by atoms with E-state index >= 15 is 0 Å². The topological polar surface area (TPSA) is 37.0 Å². The van der Waals surface area contributed by atoms with Gasteiger partial charge in [-0.1, -0.05) is 23.3 Å². The molecule has 1 aromatic carbocycles. The number of fused-ring (bicyclic) bond motifs is 1. The highest BCUT2D eigenvalue weighted by Crippen LogP contribution is 2.24. The molecule has 0 saturated carbocycles. The Labute approximate surface area is 117 Å². The lowest BCUT2D eigenvalue weighted by atomic mass is 10.1. The normalized spacial score (nSPS) is 15.3. The fraction of sp³-hybridized carbons (Fsp3) is 0.267. The number of nitrogens with one attached hydrogen (secondary N) is 2. The number of aromatic nitrogens is 1. The number of nitrogens with zero attached hydrogens (tertiary/aromatic N) is 1. The van der Waals surface area contributed by atoms with Gasteiger partial charge in [0.15, 0.2) is 0 Å². The van der Waals surface area contributed by atoms with Crippen LogP contribution in [0.2, 0.25) is 5.02 Å². The van der Waals surface area contributed by atoms with Crippen LogP contribution in [-0.4, -0.2) is 24.6 Å². The van der Waals surface area contributed by atoms with Gasteiger partial charge in [-0.2, -0.15) is 0 Å². The first-order valence-electron chi connectivity index (χ1n) is 6.50. The minimum absolute atomic E-state index is 0.721. The van der Waals surface area contributed by atoms with Crippen molar-refractivity contribution in [2.75, 3.05) is 25.0 Å². The van der Waals surface area contributed by atoms with Gasteiger partial charge < -0.3 is 10.6 Å². The first-order valence-corrected chi connectivity index (χ1v) is 6.87. The highest BCUT2D eigenvalue weighted by Gasteiger charge is 2.05. The van der Waals surface area contributed by atoms with Gasteiger partial charge >= 0.3 is 0 Å². The van der Waals surface area contributed by atoms with Gasteiger partial charge in [-0.15, -0.1) is 0 Å². The van der Waals surface area contributed by atoms with E-state index in [-0.39, 0.29) is 0 Å². The van der Waals surface area contributed by atoms with Gasteiger partial charge in [0, 0.05) is 35.4 Å². The number of rotatable bonds is 3. The molecule has 0 amide bonds. The highest BCUT2D eigenvalue weighted by molar-refractivity contribution is 6.31. The van der Waals surface area contributed by atoms with Crippen LogP contribution < -0.4 is 10.6 Å². The summed E-state index contributed by atoms with van der Waals surface area (Å²) in [5, 5.41) is 8.65. The summed E-state index contributed by atoms with van der Waals surface area (Å²) in [7, 11) is 0. The highest BCUT2D eigenvalue weighted by atomic mass is 35.5. The van der Waals surface area contributed by atoms with E-state index in [9.17, 15) is 0 Å². The zero-order valence-electron chi connectivity index (χ0n) is 10.6. The molecule has 1 aliphatic rings. The van der Waals surface area contributed by atoms with Crippen LogP contribution in [0.1, 0.15) is 6.42 Å². The van der Waals surface area contributed by atoms with E-state index in [1.165, 1.54) is 5.57 Å². The predicted octanol–water partition coefficient (Wildman–Crippen LogP) is 3.22. The molecule has 0 atom stereocenters. The lowest BCUT2D eigenvalue weighted by molar-refractivity contribution is 0.698. The SMILES string of the molecule is Clc1ccc2c(NCC3=CCNCC3)ccnc2c1. The zero-order valence-corrected chi connectivity index (χ0v) is 11.4. The van der Waals surface area contributed by atoms with Gasteiger partial charge in [-0.05, 0) is 37.2 Å². The second-order valence-corrected chi connectivity index (χ2v) is 5.13. The summed E-state index contributed by atoms with van der Waals surface area (Å²) in [6.45, 7) is 2.94. The van der Waals surface area contributed by atoms with Crippen molar-refractivity contribution in [3.8, 4) is 0 Å². The Morgan fingerprint density at radius 3 is 3.11 bits per heavy atom. The molecule has 1 aromatic heterocycles. The summed E-state index contributed by atoms with van der Waals surface area (Å²) in [5.74, 6) is 0. The monoisotopic (exact) mass is 273 g/mol. The van der Waals surface area contributed by atoms with Crippen LogP contribution in [-0.2, 0) is 0 Å². The van der Waals surface area contributed by atoms with Crippen LogP contribution in [0.5, 0.6) is 0 Å². The third-order valence-electron chi connectivity index (χ3n) is 3.37. The molecule has 4 heteroatoms. The minimum atomic E-state index is 0.721. The van der Waals surface area contributed by atoms with Gasteiger partial charge in [0.25, 0.3) is 0 Å². The summed E-state index contributed by atoms with van der Waals surface area (Å²) in [6.07, 6.45) is 5.19. The quantitative estimate of drug-likeness (QED) is 0.843. The first kappa shape index (κ1) is 12.5. The van der Waals surface area contributed by atoms with Gasteiger partial charge in [0.1, 0.15) is 0 Å². The van der Waals surface area contributed by atoms with E-state index in [1.807, 2.05) is 30.5 Å². The second-order valence-electron chi connectivity index (χ2n) is 4.69. The Morgan fingerprint density at radius 2 is 2.26 bits per heavy atom. The van der Waals surface area contributed by atoms with Crippen molar-refractivity contribution in [1.29, 1.82) is 0 Å². The lowest BCUT2D eigenvalue weighted by Gasteiger charge is -2.16. The van der Waals surface area contributed by atoms with Gasteiger partial charge in [0.2, 0.25) is 0 Å². The molecular formula is C15H16ClN3. The zero-order chi connectivity index (χ0) is 13.1. The van der Waals surface area contributed by atoms with Crippen LogP contribution >= 0.6 is 11.6 Å². The summed E-state index contributed by atoms with van der Waals surface area (Å²) in [5.41, 5.74) is 3.50. The molecule has 0 radical (unpaired) electrons. The Bertz CT molecular complexity index is 622. The summed E-state index contributed by atoms with van der Waals surface area (Å²) in [4.78, 5) is 4.35. The van der Waals surface area contributed by atoms with Crippen molar-refractivity contribution in [2.45, 2.75) is 6.42 Å². The van der Waals surface area contributed by atoms with Crippen molar-refractivity contribution in [2.24, 2.45) is 0 Å². The summed E-state index contributed by atoms with van der Waals surface area (Å²) in [6, 6.07) is 7.83. The van der Waals surface area contributed by atoms with Crippen molar-refractivity contribution in [3.05, 3.63) is 47.1 Å². The maximum atomic E-state index is 5.99.